The number of hydrogen-bond donors (Lipinski definition) is 1. The summed E-state index contributed by atoms with van der Waals surface area (Å²) >= 11 is 0. The number of halogens is 1. The van der Waals surface area contributed by atoms with Crippen LogP contribution >= 0.6 is 0 Å². The van der Waals surface area contributed by atoms with E-state index in [0.717, 1.165) is 69.6 Å². The molecule has 1 aromatic rings. The molecule has 1 aromatic carbocycles. The van der Waals surface area contributed by atoms with Crippen LogP contribution in [-0.2, 0) is 16.0 Å². The summed E-state index contributed by atoms with van der Waals surface area (Å²) in [6.07, 6.45) is 10.4. The zero-order valence-electron chi connectivity index (χ0n) is 20.4. The minimum Gasteiger partial charge on any atom is -0.494 e. The summed E-state index contributed by atoms with van der Waals surface area (Å²) < 4.78 is 25.2. The first-order valence-electron chi connectivity index (χ1n) is 13.1. The monoisotopic (exact) mass is 462 g/mol. The predicted octanol–water partition coefficient (Wildman–Crippen LogP) is 5.07. The molecule has 1 aliphatic heterocycles. The van der Waals surface area contributed by atoms with Crippen LogP contribution < -0.4 is 10.1 Å². The van der Waals surface area contributed by atoms with Gasteiger partial charge in [0.25, 0.3) is 0 Å². The van der Waals surface area contributed by atoms with Crippen LogP contribution in [0.2, 0.25) is 0 Å². The molecule has 2 aliphatic rings. The van der Waals surface area contributed by atoms with E-state index < -0.39 is 6.17 Å². The van der Waals surface area contributed by atoms with Crippen molar-refractivity contribution in [3.05, 3.63) is 29.8 Å². The summed E-state index contributed by atoms with van der Waals surface area (Å²) in [5.41, 5.74) is 1.16. The molecule has 186 valence electrons. The van der Waals surface area contributed by atoms with Crippen LogP contribution in [-0.4, -0.2) is 62.0 Å². The molecule has 0 bridgehead atoms. The average molecular weight is 463 g/mol. The molecule has 6 heteroatoms. The SMILES string of the molecule is CCCCOc1ccc(C[C@@H](CN2CC[C@@H](F)C2)NC(=O)CCCCCOC2CCC2)cc1. The van der Waals surface area contributed by atoms with Crippen molar-refractivity contribution in [3.8, 4) is 5.75 Å². The number of nitrogens with one attached hydrogen (secondary N) is 1. The minimum atomic E-state index is -0.747. The average Bonchev–Trinajstić information content (AvgIpc) is 3.17. The Balaban J connectivity index is 1.41. The Hall–Kier alpha value is -1.66. The molecule has 3 rings (SSSR count). The lowest BCUT2D eigenvalue weighted by atomic mass is 9.96. The number of carbonyl (C=O) groups excluding carboxylic acids is 1. The van der Waals surface area contributed by atoms with Crippen molar-refractivity contribution in [2.75, 3.05) is 32.8 Å². The number of rotatable bonds is 16. The number of benzene rings is 1. The summed E-state index contributed by atoms with van der Waals surface area (Å²) in [4.78, 5) is 14.8. The second-order valence-corrected chi connectivity index (χ2v) is 9.69. The van der Waals surface area contributed by atoms with Gasteiger partial charge in [-0.2, -0.15) is 0 Å². The third kappa shape index (κ3) is 10.0. The fourth-order valence-corrected chi connectivity index (χ4v) is 4.42. The van der Waals surface area contributed by atoms with Gasteiger partial charge in [0, 0.05) is 38.7 Å². The van der Waals surface area contributed by atoms with Crippen molar-refractivity contribution in [2.24, 2.45) is 0 Å². The normalized spacial score (nSPS) is 19.9. The van der Waals surface area contributed by atoms with Crippen LogP contribution in [0, 0.1) is 0 Å². The van der Waals surface area contributed by atoms with Crippen LogP contribution in [0.5, 0.6) is 5.75 Å². The summed E-state index contributed by atoms with van der Waals surface area (Å²) in [5, 5.41) is 3.23. The van der Waals surface area contributed by atoms with E-state index in [1.807, 2.05) is 12.1 Å². The Bertz CT molecular complexity index is 680. The van der Waals surface area contributed by atoms with Gasteiger partial charge in [-0.25, -0.2) is 4.39 Å². The molecule has 0 spiro atoms. The van der Waals surface area contributed by atoms with Crippen LogP contribution in [0.1, 0.15) is 76.7 Å². The molecule has 0 aromatic heterocycles. The Morgan fingerprint density at radius 1 is 1.12 bits per heavy atom. The fraction of sp³-hybridized carbons (Fsp3) is 0.741. The molecule has 1 amide bonds. The zero-order chi connectivity index (χ0) is 23.3. The van der Waals surface area contributed by atoms with Crippen molar-refractivity contribution in [1.29, 1.82) is 0 Å². The molecule has 0 radical (unpaired) electrons. The van der Waals surface area contributed by atoms with Gasteiger partial charge >= 0.3 is 0 Å². The molecule has 1 saturated carbocycles. The molecule has 33 heavy (non-hydrogen) atoms. The van der Waals surface area contributed by atoms with Crippen LogP contribution in [0.15, 0.2) is 24.3 Å². The molecule has 1 saturated heterocycles. The number of alkyl halides is 1. The van der Waals surface area contributed by atoms with Crippen molar-refractivity contribution in [2.45, 2.75) is 95.9 Å². The third-order valence-electron chi connectivity index (χ3n) is 6.68. The van der Waals surface area contributed by atoms with Gasteiger partial charge in [0.05, 0.1) is 12.7 Å². The van der Waals surface area contributed by atoms with Crippen molar-refractivity contribution >= 4 is 5.91 Å². The molecule has 1 N–H and O–H groups in total. The smallest absolute Gasteiger partial charge is 0.220 e. The third-order valence-corrected chi connectivity index (χ3v) is 6.68. The molecule has 1 heterocycles. The van der Waals surface area contributed by atoms with Crippen LogP contribution in [0.25, 0.3) is 0 Å². The molecule has 2 fully saturated rings. The maximum absolute atomic E-state index is 13.7. The van der Waals surface area contributed by atoms with Gasteiger partial charge in [-0.05, 0) is 69.1 Å². The summed E-state index contributed by atoms with van der Waals surface area (Å²) in [7, 11) is 0. The number of carbonyl (C=O) groups is 1. The number of hydrogen-bond acceptors (Lipinski definition) is 4. The molecule has 0 unspecified atom stereocenters. The first-order chi connectivity index (χ1) is 16.1. The molecular weight excluding hydrogens is 419 g/mol. The zero-order valence-corrected chi connectivity index (χ0v) is 20.4. The maximum atomic E-state index is 13.7. The van der Waals surface area contributed by atoms with Gasteiger partial charge in [0.15, 0.2) is 0 Å². The quantitative estimate of drug-likeness (QED) is 0.349. The predicted molar refractivity (Wildman–Crippen MR) is 130 cm³/mol. The molecule has 2 atom stereocenters. The number of amides is 1. The summed E-state index contributed by atoms with van der Waals surface area (Å²) in [6.45, 7) is 5.62. The molecular formula is C27H43FN2O3. The van der Waals surface area contributed by atoms with Crippen LogP contribution in [0.4, 0.5) is 4.39 Å². The lowest BCUT2D eigenvalue weighted by Crippen LogP contribution is -2.44. The van der Waals surface area contributed by atoms with E-state index in [0.29, 0.717) is 32.0 Å². The van der Waals surface area contributed by atoms with E-state index in [-0.39, 0.29) is 11.9 Å². The van der Waals surface area contributed by atoms with Crippen molar-refractivity contribution in [3.63, 3.8) is 0 Å². The Morgan fingerprint density at radius 3 is 2.61 bits per heavy atom. The second-order valence-electron chi connectivity index (χ2n) is 9.69. The van der Waals surface area contributed by atoms with Gasteiger partial charge < -0.3 is 14.8 Å². The number of nitrogens with zero attached hydrogens (tertiary/aromatic N) is 1. The highest BCUT2D eigenvalue weighted by atomic mass is 19.1. The second kappa shape index (κ2) is 14.6. The van der Waals surface area contributed by atoms with Crippen molar-refractivity contribution in [1.82, 2.24) is 10.2 Å². The largest absolute Gasteiger partial charge is 0.494 e. The van der Waals surface area contributed by atoms with E-state index in [1.54, 1.807) is 0 Å². The fourth-order valence-electron chi connectivity index (χ4n) is 4.42. The topological polar surface area (TPSA) is 50.8 Å². The highest BCUT2D eigenvalue weighted by Crippen LogP contribution is 2.22. The highest BCUT2D eigenvalue weighted by molar-refractivity contribution is 5.76. The van der Waals surface area contributed by atoms with E-state index in [2.05, 4.69) is 29.3 Å². The first-order valence-corrected chi connectivity index (χ1v) is 13.1. The standard InChI is InChI=1S/C27H43FN2O3/c1-2-3-17-32-26-13-11-22(12-14-26)19-24(21-30-16-15-23(28)20-30)29-27(31)10-5-4-6-18-33-25-8-7-9-25/h11-14,23-25H,2-10,15-21H2,1H3,(H,29,31)/t23-,24+/m1/s1. The van der Waals surface area contributed by atoms with E-state index in [1.165, 1.54) is 19.3 Å². The maximum Gasteiger partial charge on any atom is 0.220 e. The van der Waals surface area contributed by atoms with Gasteiger partial charge in [0.2, 0.25) is 5.91 Å². The Labute approximate surface area is 199 Å². The van der Waals surface area contributed by atoms with Crippen molar-refractivity contribution < 1.29 is 18.7 Å². The van der Waals surface area contributed by atoms with Gasteiger partial charge in [-0.3, -0.25) is 9.69 Å². The number of unbranched alkanes of at least 4 members (excludes halogenated alkanes) is 3. The Kier molecular flexibility index (Phi) is 11.5. The highest BCUT2D eigenvalue weighted by Gasteiger charge is 2.25. The lowest BCUT2D eigenvalue weighted by Gasteiger charge is -2.25. The number of ether oxygens (including phenoxy) is 2. The van der Waals surface area contributed by atoms with Gasteiger partial charge in [-0.1, -0.05) is 31.9 Å². The molecule has 5 nitrogen and oxygen atoms in total. The summed E-state index contributed by atoms with van der Waals surface area (Å²) in [5.74, 6) is 0.976. The van der Waals surface area contributed by atoms with E-state index >= 15 is 0 Å². The van der Waals surface area contributed by atoms with E-state index in [4.69, 9.17) is 9.47 Å². The molecule has 1 aliphatic carbocycles. The summed E-state index contributed by atoms with van der Waals surface area (Å²) in [6, 6.07) is 8.14. The Morgan fingerprint density at radius 2 is 1.94 bits per heavy atom. The minimum absolute atomic E-state index is 0.0170. The van der Waals surface area contributed by atoms with Crippen LogP contribution in [0.3, 0.4) is 0 Å². The van der Waals surface area contributed by atoms with E-state index in [9.17, 15) is 9.18 Å². The van der Waals surface area contributed by atoms with Gasteiger partial charge in [0.1, 0.15) is 11.9 Å². The van der Waals surface area contributed by atoms with Gasteiger partial charge in [-0.15, -0.1) is 0 Å². The number of likely N-dealkylation sites (tertiary alicyclic amines) is 1. The first kappa shape index (κ1) is 26.0. The lowest BCUT2D eigenvalue weighted by molar-refractivity contribution is -0.122.